The molecule has 194 valence electrons. The Balaban J connectivity index is 1.50. The van der Waals surface area contributed by atoms with Crippen LogP contribution in [0.1, 0.15) is 0 Å². The molecule has 0 aliphatic carbocycles. The average Bonchev–Trinajstić information content (AvgIpc) is 2.87. The van der Waals surface area contributed by atoms with Gasteiger partial charge in [0.25, 0.3) is 0 Å². The molecule has 0 unspecified atom stereocenters. The van der Waals surface area contributed by atoms with Crippen LogP contribution in [0.5, 0.6) is 0 Å². The highest BCUT2D eigenvalue weighted by atomic mass is 32.2. The Bertz CT molecular complexity index is 1610. The minimum absolute atomic E-state index is 0.123. The first kappa shape index (κ1) is 26.5. The molecule has 4 rings (SSSR count). The van der Waals surface area contributed by atoms with Crippen LogP contribution in [0.4, 0.5) is 11.5 Å². The maximum atomic E-state index is 12.9. The SMILES string of the molecule is CN(CCNc1ccc2c(N)nc(-c3ccc(S(=O)(=O)c4ccccc4)cc3)nc2c1)CCS(C)(=O)=O. The van der Waals surface area contributed by atoms with E-state index in [9.17, 15) is 16.8 Å². The lowest BCUT2D eigenvalue weighted by molar-refractivity contribution is 0.367. The molecular weight excluding hydrogens is 510 g/mol. The number of nitrogen functional groups attached to an aromatic ring is 1. The van der Waals surface area contributed by atoms with E-state index >= 15 is 0 Å². The molecule has 0 saturated carbocycles. The van der Waals surface area contributed by atoms with E-state index in [1.807, 2.05) is 30.1 Å². The number of fused-ring (bicyclic) bond motifs is 1. The molecule has 0 fully saturated rings. The van der Waals surface area contributed by atoms with Crippen LogP contribution in [0.25, 0.3) is 22.3 Å². The number of anilines is 2. The van der Waals surface area contributed by atoms with Crippen LogP contribution in [0.2, 0.25) is 0 Å². The molecule has 37 heavy (non-hydrogen) atoms. The van der Waals surface area contributed by atoms with Crippen LogP contribution in [0.3, 0.4) is 0 Å². The molecule has 9 nitrogen and oxygen atoms in total. The molecule has 0 aliphatic heterocycles. The number of nitrogens with zero attached hydrogens (tertiary/aromatic N) is 3. The van der Waals surface area contributed by atoms with Gasteiger partial charge >= 0.3 is 0 Å². The first-order chi connectivity index (χ1) is 17.5. The molecule has 0 spiro atoms. The normalized spacial score (nSPS) is 12.2. The monoisotopic (exact) mass is 539 g/mol. The summed E-state index contributed by atoms with van der Waals surface area (Å²) >= 11 is 0. The summed E-state index contributed by atoms with van der Waals surface area (Å²) in [4.78, 5) is 11.4. The van der Waals surface area contributed by atoms with Gasteiger partial charge in [-0.3, -0.25) is 0 Å². The van der Waals surface area contributed by atoms with Gasteiger partial charge in [-0.05, 0) is 61.6 Å². The van der Waals surface area contributed by atoms with Gasteiger partial charge in [-0.1, -0.05) is 18.2 Å². The van der Waals surface area contributed by atoms with Gasteiger partial charge in [-0.15, -0.1) is 0 Å². The number of aromatic nitrogens is 2. The predicted molar refractivity (Wildman–Crippen MR) is 147 cm³/mol. The highest BCUT2D eigenvalue weighted by Gasteiger charge is 2.17. The van der Waals surface area contributed by atoms with Gasteiger partial charge in [0.2, 0.25) is 9.84 Å². The predicted octanol–water partition coefficient (Wildman–Crippen LogP) is 3.10. The van der Waals surface area contributed by atoms with E-state index in [1.165, 1.54) is 6.26 Å². The van der Waals surface area contributed by atoms with E-state index in [4.69, 9.17) is 5.73 Å². The minimum atomic E-state index is -3.62. The number of benzene rings is 3. The summed E-state index contributed by atoms with van der Waals surface area (Å²) in [5.41, 5.74) is 8.35. The number of hydrogen-bond acceptors (Lipinski definition) is 9. The highest BCUT2D eigenvalue weighted by molar-refractivity contribution is 7.91. The molecule has 11 heteroatoms. The van der Waals surface area contributed by atoms with Gasteiger partial charge in [0.15, 0.2) is 5.82 Å². The van der Waals surface area contributed by atoms with Gasteiger partial charge in [0, 0.05) is 42.5 Å². The van der Waals surface area contributed by atoms with Gasteiger partial charge in [-0.25, -0.2) is 26.8 Å². The van der Waals surface area contributed by atoms with E-state index in [0.29, 0.717) is 47.7 Å². The quantitative estimate of drug-likeness (QED) is 0.312. The highest BCUT2D eigenvalue weighted by Crippen LogP contribution is 2.27. The number of likely N-dealkylation sites (N-methyl/N-ethyl adjacent to an activating group) is 1. The summed E-state index contributed by atoms with van der Waals surface area (Å²) in [6.07, 6.45) is 1.23. The first-order valence-electron chi connectivity index (χ1n) is 11.6. The second-order valence-electron chi connectivity index (χ2n) is 8.87. The maximum absolute atomic E-state index is 12.9. The topological polar surface area (TPSA) is 135 Å². The van der Waals surface area contributed by atoms with E-state index in [1.54, 1.807) is 54.6 Å². The molecule has 1 aromatic heterocycles. The Kier molecular flexibility index (Phi) is 7.76. The zero-order valence-electron chi connectivity index (χ0n) is 20.6. The fourth-order valence-corrected chi connectivity index (χ4v) is 5.66. The zero-order chi connectivity index (χ0) is 26.6. The van der Waals surface area contributed by atoms with Crippen LogP contribution in [0, 0.1) is 0 Å². The van der Waals surface area contributed by atoms with Gasteiger partial charge in [0.05, 0.1) is 21.1 Å². The smallest absolute Gasteiger partial charge is 0.206 e. The van der Waals surface area contributed by atoms with E-state index < -0.39 is 19.7 Å². The lowest BCUT2D eigenvalue weighted by Gasteiger charge is -2.17. The van der Waals surface area contributed by atoms with Crippen molar-refractivity contribution in [1.29, 1.82) is 0 Å². The summed E-state index contributed by atoms with van der Waals surface area (Å²) in [5, 5.41) is 4.04. The van der Waals surface area contributed by atoms with E-state index in [2.05, 4.69) is 15.3 Å². The lowest BCUT2D eigenvalue weighted by Crippen LogP contribution is -2.29. The molecule has 3 aromatic carbocycles. The van der Waals surface area contributed by atoms with Crippen molar-refractivity contribution in [3.8, 4) is 11.4 Å². The van der Waals surface area contributed by atoms with Crippen molar-refractivity contribution in [2.45, 2.75) is 9.79 Å². The summed E-state index contributed by atoms with van der Waals surface area (Å²) in [7, 11) is -4.73. The number of nitrogens with two attached hydrogens (primary N) is 1. The summed E-state index contributed by atoms with van der Waals surface area (Å²) in [6.45, 7) is 1.76. The Labute approximate surface area is 217 Å². The average molecular weight is 540 g/mol. The van der Waals surface area contributed by atoms with Crippen LogP contribution in [-0.4, -0.2) is 70.4 Å². The van der Waals surface area contributed by atoms with Crippen LogP contribution in [-0.2, 0) is 19.7 Å². The van der Waals surface area contributed by atoms with Crippen LogP contribution in [0.15, 0.2) is 82.6 Å². The van der Waals surface area contributed by atoms with Crippen LogP contribution >= 0.6 is 0 Å². The van der Waals surface area contributed by atoms with Gasteiger partial charge in [0.1, 0.15) is 15.7 Å². The second-order valence-corrected chi connectivity index (χ2v) is 13.1. The Morgan fingerprint density at radius 3 is 2.22 bits per heavy atom. The van der Waals surface area contributed by atoms with Crippen molar-refractivity contribution in [2.24, 2.45) is 0 Å². The zero-order valence-corrected chi connectivity index (χ0v) is 22.3. The molecule has 0 aliphatic rings. The third-order valence-corrected chi connectivity index (χ3v) is 8.58. The van der Waals surface area contributed by atoms with Crippen molar-refractivity contribution >= 4 is 42.1 Å². The second kappa shape index (κ2) is 10.8. The van der Waals surface area contributed by atoms with E-state index in [-0.39, 0.29) is 15.5 Å². The summed E-state index contributed by atoms with van der Waals surface area (Å²) < 4.78 is 48.4. The number of hydrogen-bond donors (Lipinski definition) is 2. The molecule has 4 aromatic rings. The van der Waals surface area contributed by atoms with Crippen molar-refractivity contribution in [3.63, 3.8) is 0 Å². The molecular formula is C26H29N5O4S2. The molecule has 0 amide bonds. The third-order valence-electron chi connectivity index (χ3n) is 5.87. The summed E-state index contributed by atoms with van der Waals surface area (Å²) in [6, 6.07) is 20.3. The molecule has 0 saturated heterocycles. The number of rotatable bonds is 10. The van der Waals surface area contributed by atoms with Crippen molar-refractivity contribution in [2.75, 3.05) is 49.7 Å². The lowest BCUT2D eigenvalue weighted by atomic mass is 10.1. The Hall–Kier alpha value is -3.54. The largest absolute Gasteiger partial charge is 0.384 e. The van der Waals surface area contributed by atoms with Crippen molar-refractivity contribution in [1.82, 2.24) is 14.9 Å². The number of nitrogens with one attached hydrogen (secondary N) is 1. The van der Waals surface area contributed by atoms with Gasteiger partial charge in [-0.2, -0.15) is 0 Å². The van der Waals surface area contributed by atoms with Gasteiger partial charge < -0.3 is 16.0 Å². The van der Waals surface area contributed by atoms with E-state index in [0.717, 1.165) is 5.69 Å². The first-order valence-corrected chi connectivity index (χ1v) is 15.2. The van der Waals surface area contributed by atoms with Crippen molar-refractivity contribution in [3.05, 3.63) is 72.8 Å². The maximum Gasteiger partial charge on any atom is 0.206 e. The van der Waals surface area contributed by atoms with Crippen molar-refractivity contribution < 1.29 is 16.8 Å². The van der Waals surface area contributed by atoms with Crippen LogP contribution < -0.4 is 11.1 Å². The standard InChI is InChI=1S/C26H29N5O4S2/c1-31(16-17-36(2,32)33)15-14-28-20-10-13-23-24(18-20)29-26(30-25(23)27)19-8-11-22(12-9-19)37(34,35)21-6-4-3-5-7-21/h3-13,18,28H,14-17H2,1-2H3,(H2,27,29,30). The molecule has 3 N–H and O–H groups in total. The molecule has 0 radical (unpaired) electrons. The molecule has 0 atom stereocenters. The number of sulfone groups is 2. The third kappa shape index (κ3) is 6.62. The molecule has 0 bridgehead atoms. The fraction of sp³-hybridized carbons (Fsp3) is 0.231. The Morgan fingerprint density at radius 1 is 0.865 bits per heavy atom. The fourth-order valence-electron chi connectivity index (χ4n) is 3.74. The summed E-state index contributed by atoms with van der Waals surface area (Å²) in [5.74, 6) is 0.844. The molecule has 1 heterocycles. The minimum Gasteiger partial charge on any atom is -0.384 e. The Morgan fingerprint density at radius 2 is 1.54 bits per heavy atom.